The molecule has 2 fully saturated rings. The topological polar surface area (TPSA) is 78.5 Å². The molecule has 0 radical (unpaired) electrons. The van der Waals surface area contributed by atoms with Gasteiger partial charge >= 0.3 is 0 Å². The van der Waals surface area contributed by atoms with Gasteiger partial charge in [0.25, 0.3) is 0 Å². The molecule has 0 saturated carbocycles. The summed E-state index contributed by atoms with van der Waals surface area (Å²) < 4.78 is 6.30. The van der Waals surface area contributed by atoms with Gasteiger partial charge in [0.05, 0.1) is 30.7 Å². The van der Waals surface area contributed by atoms with Gasteiger partial charge in [-0.1, -0.05) is 18.2 Å². The molecule has 4 aliphatic heterocycles. The van der Waals surface area contributed by atoms with E-state index in [4.69, 9.17) is 4.74 Å². The lowest BCUT2D eigenvalue weighted by molar-refractivity contribution is -0.141. The number of anilines is 1. The van der Waals surface area contributed by atoms with Gasteiger partial charge in [-0.25, -0.2) is 0 Å². The monoisotopic (exact) mass is 404 g/mol. The number of aromatic amines is 1. The van der Waals surface area contributed by atoms with Gasteiger partial charge in [-0.3, -0.25) is 14.7 Å². The summed E-state index contributed by atoms with van der Waals surface area (Å²) in [6.07, 6.45) is 6.21. The summed E-state index contributed by atoms with van der Waals surface area (Å²) in [5.41, 5.74) is 4.66. The smallest absolute Gasteiger partial charge is 0.234 e. The van der Waals surface area contributed by atoms with E-state index in [9.17, 15) is 9.59 Å². The second kappa shape index (κ2) is 6.04. The molecule has 30 heavy (non-hydrogen) atoms. The standard InChI is InChI=1S/C23H24N4O3/c1-13-3-4-16(9-14(13)2)27-12-23-7-5-18(30-23)19(20(23)22(27)29)21(28)26-8-6-17-15(11-26)10-24-25-17/h3-5,7,9-10,18-20H,6,8,11-12H2,1-2H3,(H,24,25)/t18-,19?,20?,23-/m0/s1. The maximum absolute atomic E-state index is 13.6. The van der Waals surface area contributed by atoms with Gasteiger partial charge in [-0.15, -0.1) is 0 Å². The lowest BCUT2D eigenvalue weighted by Crippen LogP contribution is -2.47. The third-order valence-corrected chi connectivity index (χ3v) is 7.30. The Kier molecular flexibility index (Phi) is 3.60. The van der Waals surface area contributed by atoms with Crippen molar-refractivity contribution in [3.05, 3.63) is 58.9 Å². The van der Waals surface area contributed by atoms with Gasteiger partial charge in [0.2, 0.25) is 11.8 Å². The van der Waals surface area contributed by atoms with E-state index in [1.54, 1.807) is 11.1 Å². The summed E-state index contributed by atoms with van der Waals surface area (Å²) in [5.74, 6) is -0.928. The Morgan fingerprint density at radius 1 is 1.30 bits per heavy atom. The van der Waals surface area contributed by atoms with Crippen LogP contribution in [0.25, 0.3) is 0 Å². The molecule has 2 aromatic rings. The second-order valence-corrected chi connectivity index (χ2v) is 8.98. The van der Waals surface area contributed by atoms with Crippen LogP contribution in [0.15, 0.2) is 36.5 Å². The van der Waals surface area contributed by atoms with E-state index in [0.717, 1.165) is 28.9 Å². The van der Waals surface area contributed by atoms with Crippen LogP contribution in [0.2, 0.25) is 0 Å². The molecule has 7 heteroatoms. The molecule has 1 N–H and O–H groups in total. The molecule has 4 aliphatic rings. The van der Waals surface area contributed by atoms with Crippen LogP contribution in [-0.4, -0.2) is 51.7 Å². The number of ether oxygens (including phenoxy) is 1. The van der Waals surface area contributed by atoms with Crippen molar-refractivity contribution in [2.45, 2.75) is 38.5 Å². The highest BCUT2D eigenvalue weighted by atomic mass is 16.5. The average Bonchev–Trinajstić information content (AvgIpc) is 3.49. The molecule has 5 heterocycles. The molecule has 4 atom stereocenters. The number of aryl methyl sites for hydroxylation is 2. The molecule has 154 valence electrons. The number of benzene rings is 1. The Bertz CT molecular complexity index is 1110. The van der Waals surface area contributed by atoms with Crippen LogP contribution in [0, 0.1) is 25.7 Å². The highest BCUT2D eigenvalue weighted by Gasteiger charge is 2.67. The van der Waals surface area contributed by atoms with Crippen LogP contribution in [0.3, 0.4) is 0 Å². The Morgan fingerprint density at radius 3 is 3.00 bits per heavy atom. The van der Waals surface area contributed by atoms with Gasteiger partial charge in [-0.2, -0.15) is 5.10 Å². The molecule has 2 unspecified atom stereocenters. The highest BCUT2D eigenvalue weighted by Crippen LogP contribution is 2.53. The normalized spacial score (nSPS) is 31.4. The van der Waals surface area contributed by atoms with E-state index in [-0.39, 0.29) is 17.9 Å². The zero-order chi connectivity index (χ0) is 20.6. The van der Waals surface area contributed by atoms with Gasteiger partial charge in [0.15, 0.2) is 0 Å². The molecule has 6 rings (SSSR count). The van der Waals surface area contributed by atoms with Gasteiger partial charge in [0.1, 0.15) is 5.60 Å². The molecule has 0 aliphatic carbocycles. The summed E-state index contributed by atoms with van der Waals surface area (Å²) in [6, 6.07) is 6.07. The van der Waals surface area contributed by atoms with Crippen molar-refractivity contribution >= 4 is 17.5 Å². The van der Waals surface area contributed by atoms with E-state index in [1.807, 2.05) is 42.2 Å². The summed E-state index contributed by atoms with van der Waals surface area (Å²) >= 11 is 0. The SMILES string of the molecule is Cc1ccc(N2C[C@]34C=C[C@H](O3)C(C(=O)N3CCc5[nH]ncc5C3)C4C2=O)cc1C. The van der Waals surface area contributed by atoms with Crippen LogP contribution < -0.4 is 4.90 Å². The van der Waals surface area contributed by atoms with E-state index < -0.39 is 17.4 Å². The first kappa shape index (κ1) is 17.9. The summed E-state index contributed by atoms with van der Waals surface area (Å²) in [4.78, 5) is 30.8. The second-order valence-electron chi connectivity index (χ2n) is 8.98. The molecule has 1 aromatic heterocycles. The molecule has 2 saturated heterocycles. The van der Waals surface area contributed by atoms with Gasteiger partial charge < -0.3 is 14.5 Å². The number of hydrogen-bond acceptors (Lipinski definition) is 4. The van der Waals surface area contributed by atoms with Crippen LogP contribution in [0.4, 0.5) is 5.69 Å². The molecular weight excluding hydrogens is 380 g/mol. The molecule has 7 nitrogen and oxygen atoms in total. The fourth-order valence-electron chi connectivity index (χ4n) is 5.51. The van der Waals surface area contributed by atoms with Crippen molar-refractivity contribution in [2.24, 2.45) is 11.8 Å². The minimum atomic E-state index is -0.697. The molecule has 2 bridgehead atoms. The van der Waals surface area contributed by atoms with Crippen molar-refractivity contribution in [3.63, 3.8) is 0 Å². The number of nitrogens with one attached hydrogen (secondary N) is 1. The van der Waals surface area contributed by atoms with Crippen LogP contribution in [-0.2, 0) is 27.3 Å². The average molecular weight is 404 g/mol. The fourth-order valence-corrected chi connectivity index (χ4v) is 5.51. The molecule has 1 aromatic carbocycles. The number of rotatable bonds is 2. The van der Waals surface area contributed by atoms with E-state index in [2.05, 4.69) is 17.1 Å². The maximum atomic E-state index is 13.6. The molecule has 1 spiro atoms. The number of carbonyl (C=O) groups is 2. The van der Waals surface area contributed by atoms with Crippen molar-refractivity contribution in [1.29, 1.82) is 0 Å². The first-order valence-electron chi connectivity index (χ1n) is 10.5. The quantitative estimate of drug-likeness (QED) is 0.776. The number of fused-ring (bicyclic) bond motifs is 2. The zero-order valence-corrected chi connectivity index (χ0v) is 17.1. The van der Waals surface area contributed by atoms with Crippen molar-refractivity contribution in [1.82, 2.24) is 15.1 Å². The third kappa shape index (κ3) is 2.32. The van der Waals surface area contributed by atoms with E-state index >= 15 is 0 Å². The number of aromatic nitrogens is 2. The van der Waals surface area contributed by atoms with E-state index in [0.29, 0.717) is 19.6 Å². The van der Waals surface area contributed by atoms with Crippen LogP contribution >= 0.6 is 0 Å². The number of hydrogen-bond donors (Lipinski definition) is 1. The van der Waals surface area contributed by atoms with Crippen molar-refractivity contribution in [2.75, 3.05) is 18.0 Å². The van der Waals surface area contributed by atoms with Gasteiger partial charge in [0, 0.05) is 36.5 Å². The number of H-pyrrole nitrogens is 1. The minimum Gasteiger partial charge on any atom is -0.360 e. The maximum Gasteiger partial charge on any atom is 0.234 e. The van der Waals surface area contributed by atoms with Crippen LogP contribution in [0.1, 0.15) is 22.4 Å². The lowest BCUT2D eigenvalue weighted by Gasteiger charge is -2.32. The molecular formula is C23H24N4O3. The first-order valence-corrected chi connectivity index (χ1v) is 10.5. The highest BCUT2D eigenvalue weighted by molar-refractivity contribution is 6.03. The predicted octanol–water partition coefficient (Wildman–Crippen LogP) is 1.90. The number of nitrogens with zero attached hydrogens (tertiary/aromatic N) is 3. The predicted molar refractivity (Wildman–Crippen MR) is 110 cm³/mol. The van der Waals surface area contributed by atoms with Crippen molar-refractivity contribution in [3.8, 4) is 0 Å². The van der Waals surface area contributed by atoms with E-state index in [1.165, 1.54) is 5.56 Å². The minimum absolute atomic E-state index is 0.00976. The zero-order valence-electron chi connectivity index (χ0n) is 17.1. The summed E-state index contributed by atoms with van der Waals surface area (Å²) in [6.45, 7) is 5.74. The Labute approximate surface area is 174 Å². The van der Waals surface area contributed by atoms with Crippen molar-refractivity contribution < 1.29 is 14.3 Å². The fraction of sp³-hybridized carbons (Fsp3) is 0.435. The Balaban J connectivity index is 1.31. The first-order chi connectivity index (χ1) is 14.5. The lowest BCUT2D eigenvalue weighted by atomic mass is 9.76. The largest absolute Gasteiger partial charge is 0.360 e. The number of amides is 2. The summed E-state index contributed by atoms with van der Waals surface area (Å²) in [5, 5.41) is 7.10. The Morgan fingerprint density at radius 2 is 2.17 bits per heavy atom. The third-order valence-electron chi connectivity index (χ3n) is 7.30. The Hall–Kier alpha value is -2.93. The molecule has 2 amide bonds. The van der Waals surface area contributed by atoms with Gasteiger partial charge in [-0.05, 0) is 37.1 Å². The number of carbonyl (C=O) groups excluding carboxylic acids is 2. The summed E-state index contributed by atoms with van der Waals surface area (Å²) in [7, 11) is 0. The van der Waals surface area contributed by atoms with Crippen LogP contribution in [0.5, 0.6) is 0 Å².